The van der Waals surface area contributed by atoms with Crippen molar-refractivity contribution in [2.24, 2.45) is 0 Å². The summed E-state index contributed by atoms with van der Waals surface area (Å²) in [6.45, 7) is 2.85. The van der Waals surface area contributed by atoms with Crippen molar-refractivity contribution < 1.29 is 17.7 Å². The summed E-state index contributed by atoms with van der Waals surface area (Å²) < 4.78 is 29.6. The molecule has 2 fully saturated rings. The van der Waals surface area contributed by atoms with Gasteiger partial charge in [-0.1, -0.05) is 35.5 Å². The van der Waals surface area contributed by atoms with Gasteiger partial charge in [0.2, 0.25) is 0 Å². The van der Waals surface area contributed by atoms with Crippen molar-refractivity contribution in [2.45, 2.75) is 19.0 Å². The van der Waals surface area contributed by atoms with Crippen LogP contribution in [0.2, 0.25) is 0 Å². The Morgan fingerprint density at radius 1 is 1.15 bits per heavy atom. The summed E-state index contributed by atoms with van der Waals surface area (Å²) >= 11 is 0. The molecule has 138 valence electrons. The summed E-state index contributed by atoms with van der Waals surface area (Å²) in [4.78, 5) is 17.1. The zero-order chi connectivity index (χ0) is 18.5. The van der Waals surface area contributed by atoms with Crippen LogP contribution >= 0.6 is 0 Å². The molecule has 0 spiro atoms. The number of carbonyl (C=O) groups is 1. The molecule has 2 aliphatic heterocycles. The van der Waals surface area contributed by atoms with E-state index >= 15 is 0 Å². The van der Waals surface area contributed by atoms with E-state index in [9.17, 15) is 13.2 Å². The van der Waals surface area contributed by atoms with Crippen molar-refractivity contribution in [3.63, 3.8) is 0 Å². The Morgan fingerprint density at radius 2 is 1.85 bits per heavy atom. The molecule has 1 aromatic heterocycles. The first-order valence-corrected chi connectivity index (χ1v) is 10.4. The molecular formula is C18H21N3O4S. The van der Waals surface area contributed by atoms with Crippen LogP contribution in [0, 0.1) is 6.92 Å². The maximum Gasteiger partial charge on any atom is 0.260 e. The van der Waals surface area contributed by atoms with Crippen LogP contribution in [0.15, 0.2) is 34.9 Å². The molecule has 0 saturated carbocycles. The van der Waals surface area contributed by atoms with E-state index in [0.717, 1.165) is 5.56 Å². The number of aryl methyl sites for hydroxylation is 1. The highest BCUT2D eigenvalue weighted by Gasteiger charge is 2.47. The number of nitrogens with zero attached hydrogens (tertiary/aromatic N) is 3. The number of fused-ring (bicyclic) bond motifs is 1. The molecule has 0 radical (unpaired) electrons. The Balaban J connectivity index is 1.72. The number of aromatic nitrogens is 1. The summed E-state index contributed by atoms with van der Waals surface area (Å²) in [6, 6.07) is 8.92. The quantitative estimate of drug-likeness (QED) is 0.784. The Kier molecular flexibility index (Phi) is 4.11. The van der Waals surface area contributed by atoms with Crippen molar-refractivity contribution >= 4 is 15.7 Å². The summed E-state index contributed by atoms with van der Waals surface area (Å²) in [5.74, 6) is 0.359. The lowest BCUT2D eigenvalue weighted by atomic mass is 10.0. The summed E-state index contributed by atoms with van der Waals surface area (Å²) in [7, 11) is -1.23. The molecule has 7 nitrogen and oxygen atoms in total. The lowest BCUT2D eigenvalue weighted by molar-refractivity contribution is 0.0409. The molecule has 2 aliphatic rings. The van der Waals surface area contributed by atoms with Gasteiger partial charge in [0.1, 0.15) is 17.0 Å². The van der Waals surface area contributed by atoms with Crippen LogP contribution in [0.5, 0.6) is 0 Å². The van der Waals surface area contributed by atoms with E-state index in [1.165, 1.54) is 0 Å². The second-order valence-corrected chi connectivity index (χ2v) is 9.17. The topological polar surface area (TPSA) is 83.7 Å². The number of hydrogen-bond donors (Lipinski definition) is 0. The standard InChI is InChI=1S/C18H21N3O4S/c1-12-16(17(19-25-12)13-6-4-3-5-7-13)18(22)21-9-8-20(2)14-10-26(23,24)11-15(14)21/h3-7,14-15H,8-11H2,1-2H3. The van der Waals surface area contributed by atoms with Gasteiger partial charge < -0.3 is 9.42 Å². The number of rotatable bonds is 2. The number of hydrogen-bond acceptors (Lipinski definition) is 6. The number of likely N-dealkylation sites (N-methyl/N-ethyl adjacent to an activating group) is 1. The number of sulfone groups is 1. The number of benzene rings is 1. The van der Waals surface area contributed by atoms with Gasteiger partial charge in [-0.2, -0.15) is 0 Å². The van der Waals surface area contributed by atoms with Crippen molar-refractivity contribution in [1.82, 2.24) is 15.0 Å². The first-order chi connectivity index (χ1) is 12.4. The van der Waals surface area contributed by atoms with Crippen LogP contribution in [-0.2, 0) is 9.84 Å². The van der Waals surface area contributed by atoms with Gasteiger partial charge in [-0.05, 0) is 14.0 Å². The lowest BCUT2D eigenvalue weighted by Gasteiger charge is -2.42. The van der Waals surface area contributed by atoms with Crippen molar-refractivity contribution in [1.29, 1.82) is 0 Å². The predicted molar refractivity (Wildman–Crippen MR) is 96.6 cm³/mol. The second-order valence-electron chi connectivity index (χ2n) is 7.02. The van der Waals surface area contributed by atoms with E-state index in [0.29, 0.717) is 30.1 Å². The Morgan fingerprint density at radius 3 is 2.58 bits per heavy atom. The number of amides is 1. The maximum atomic E-state index is 13.3. The first kappa shape index (κ1) is 17.2. The average Bonchev–Trinajstić information content (AvgIpc) is 3.15. The highest BCUT2D eigenvalue weighted by molar-refractivity contribution is 7.91. The van der Waals surface area contributed by atoms with Gasteiger partial charge in [0, 0.05) is 24.7 Å². The van der Waals surface area contributed by atoms with E-state index < -0.39 is 9.84 Å². The van der Waals surface area contributed by atoms with Gasteiger partial charge in [0.15, 0.2) is 9.84 Å². The number of piperazine rings is 1. The van der Waals surface area contributed by atoms with Crippen LogP contribution < -0.4 is 0 Å². The molecule has 1 amide bonds. The van der Waals surface area contributed by atoms with Crippen LogP contribution in [0.25, 0.3) is 11.3 Å². The van der Waals surface area contributed by atoms with E-state index in [1.54, 1.807) is 11.8 Å². The van der Waals surface area contributed by atoms with Crippen LogP contribution in [0.4, 0.5) is 0 Å². The van der Waals surface area contributed by atoms with E-state index in [-0.39, 0.29) is 29.5 Å². The second kappa shape index (κ2) is 6.21. The van der Waals surface area contributed by atoms with E-state index in [4.69, 9.17) is 4.52 Å². The fourth-order valence-electron chi connectivity index (χ4n) is 3.94. The molecule has 4 rings (SSSR count). The summed E-state index contributed by atoms with van der Waals surface area (Å²) in [6.07, 6.45) is 0. The average molecular weight is 375 g/mol. The van der Waals surface area contributed by atoms with Crippen molar-refractivity contribution in [2.75, 3.05) is 31.6 Å². The molecule has 2 unspecified atom stereocenters. The fourth-order valence-corrected chi connectivity index (χ4v) is 5.99. The fraction of sp³-hybridized carbons (Fsp3) is 0.444. The van der Waals surface area contributed by atoms with Crippen LogP contribution in [0.3, 0.4) is 0 Å². The normalized spacial score (nSPS) is 25.2. The monoisotopic (exact) mass is 375 g/mol. The van der Waals surface area contributed by atoms with Crippen molar-refractivity contribution in [3.8, 4) is 11.3 Å². The molecule has 1 aromatic carbocycles. The summed E-state index contributed by atoms with van der Waals surface area (Å²) in [5, 5.41) is 4.08. The largest absolute Gasteiger partial charge is 0.360 e. The van der Waals surface area contributed by atoms with Gasteiger partial charge in [0.05, 0.1) is 17.5 Å². The van der Waals surface area contributed by atoms with Crippen molar-refractivity contribution in [3.05, 3.63) is 41.7 Å². The third-order valence-electron chi connectivity index (χ3n) is 5.34. The molecule has 2 atom stereocenters. The van der Waals surface area contributed by atoms with Crippen LogP contribution in [0.1, 0.15) is 16.1 Å². The lowest BCUT2D eigenvalue weighted by Crippen LogP contribution is -2.59. The van der Waals surface area contributed by atoms with Gasteiger partial charge in [0.25, 0.3) is 5.91 Å². The van der Waals surface area contributed by atoms with Crippen LogP contribution in [-0.4, -0.2) is 73.0 Å². The van der Waals surface area contributed by atoms with E-state index in [1.807, 2.05) is 42.3 Å². The SMILES string of the molecule is Cc1onc(-c2ccccc2)c1C(=O)N1CCN(C)C2CS(=O)(=O)CC21. The van der Waals surface area contributed by atoms with Gasteiger partial charge in [-0.25, -0.2) is 8.42 Å². The molecule has 0 aliphatic carbocycles. The molecule has 26 heavy (non-hydrogen) atoms. The molecule has 2 aromatic rings. The summed E-state index contributed by atoms with van der Waals surface area (Å²) in [5.41, 5.74) is 1.73. The Bertz CT molecular complexity index is 939. The smallest absolute Gasteiger partial charge is 0.260 e. The van der Waals surface area contributed by atoms with E-state index in [2.05, 4.69) is 5.16 Å². The highest BCUT2D eigenvalue weighted by Crippen LogP contribution is 2.31. The molecule has 3 heterocycles. The molecule has 2 saturated heterocycles. The molecule has 0 N–H and O–H groups in total. The Labute approximate surface area is 152 Å². The van der Waals surface area contributed by atoms with Gasteiger partial charge >= 0.3 is 0 Å². The maximum absolute atomic E-state index is 13.3. The third kappa shape index (κ3) is 2.83. The zero-order valence-corrected chi connectivity index (χ0v) is 15.6. The molecule has 8 heteroatoms. The number of carbonyl (C=O) groups excluding carboxylic acids is 1. The first-order valence-electron chi connectivity index (χ1n) is 8.61. The zero-order valence-electron chi connectivity index (χ0n) is 14.8. The Hall–Kier alpha value is -2.19. The minimum Gasteiger partial charge on any atom is -0.360 e. The minimum atomic E-state index is -3.14. The predicted octanol–water partition coefficient (Wildman–Crippen LogP) is 1.20. The minimum absolute atomic E-state index is 0.0126. The molecular weight excluding hydrogens is 354 g/mol. The van der Waals surface area contributed by atoms with Gasteiger partial charge in [-0.3, -0.25) is 9.69 Å². The van der Waals surface area contributed by atoms with Gasteiger partial charge in [-0.15, -0.1) is 0 Å². The third-order valence-corrected chi connectivity index (χ3v) is 7.04. The highest BCUT2D eigenvalue weighted by atomic mass is 32.2. The molecule has 0 bridgehead atoms.